The van der Waals surface area contributed by atoms with E-state index in [4.69, 9.17) is 25.7 Å². The molecule has 20 heavy (non-hydrogen) atoms. The number of rotatable bonds is 3. The van der Waals surface area contributed by atoms with Crippen LogP contribution >= 0.6 is 0 Å². The van der Waals surface area contributed by atoms with Gasteiger partial charge in [0.05, 0.1) is 24.4 Å². The van der Waals surface area contributed by atoms with Crippen LogP contribution in [0.3, 0.4) is 0 Å². The lowest BCUT2D eigenvalue weighted by Crippen LogP contribution is -1.97. The van der Waals surface area contributed by atoms with Gasteiger partial charge in [0.15, 0.2) is 17.2 Å². The van der Waals surface area contributed by atoms with Crippen LogP contribution in [-0.2, 0) is 0 Å². The number of nitrogen functional groups attached to an aromatic ring is 1. The van der Waals surface area contributed by atoms with Crippen molar-refractivity contribution in [1.29, 1.82) is 10.5 Å². The molecule has 1 heterocycles. The van der Waals surface area contributed by atoms with Crippen molar-refractivity contribution in [2.75, 3.05) is 12.8 Å². The third kappa shape index (κ3) is 2.60. The molecule has 0 fully saturated rings. The quantitative estimate of drug-likeness (QED) is 0.913. The number of nitrogens with two attached hydrogens (primary N) is 1. The van der Waals surface area contributed by atoms with E-state index in [0.717, 1.165) is 0 Å². The van der Waals surface area contributed by atoms with Gasteiger partial charge in [0.1, 0.15) is 6.07 Å². The summed E-state index contributed by atoms with van der Waals surface area (Å²) in [7, 11) is 1.47. The second-order valence-corrected chi connectivity index (χ2v) is 3.78. The predicted octanol–water partition coefficient (Wildman–Crippen LogP) is 2.21. The molecule has 6 nitrogen and oxygen atoms in total. The number of anilines is 1. The number of benzene rings is 1. The van der Waals surface area contributed by atoms with Gasteiger partial charge in [-0.05, 0) is 18.2 Å². The highest BCUT2D eigenvalue weighted by molar-refractivity contribution is 5.52. The molecule has 0 aliphatic heterocycles. The molecule has 0 saturated heterocycles. The minimum absolute atomic E-state index is 0.0927. The molecule has 0 unspecified atom stereocenters. The molecule has 1 aromatic carbocycles. The monoisotopic (exact) mass is 266 g/mol. The average molecular weight is 266 g/mol. The van der Waals surface area contributed by atoms with Crippen LogP contribution in [0.5, 0.6) is 17.4 Å². The summed E-state index contributed by atoms with van der Waals surface area (Å²) in [5.74, 6) is 1.02. The van der Waals surface area contributed by atoms with E-state index in [1.165, 1.54) is 13.2 Å². The van der Waals surface area contributed by atoms with Gasteiger partial charge in [-0.3, -0.25) is 0 Å². The minimum Gasteiger partial charge on any atom is -0.493 e. The fraction of sp³-hybridized carbons (Fsp3) is 0.0714. The van der Waals surface area contributed by atoms with Gasteiger partial charge in [0.2, 0.25) is 5.88 Å². The summed E-state index contributed by atoms with van der Waals surface area (Å²) in [4.78, 5) is 3.98. The summed E-state index contributed by atoms with van der Waals surface area (Å²) in [6.45, 7) is 0. The lowest BCUT2D eigenvalue weighted by molar-refractivity contribution is 0.374. The molecule has 0 bridgehead atoms. The first kappa shape index (κ1) is 13.2. The van der Waals surface area contributed by atoms with Crippen LogP contribution in [-0.4, -0.2) is 12.1 Å². The van der Waals surface area contributed by atoms with Crippen molar-refractivity contribution in [2.45, 2.75) is 0 Å². The number of nitrogens with zero attached hydrogens (tertiary/aromatic N) is 3. The fourth-order valence-electron chi connectivity index (χ4n) is 1.53. The lowest BCUT2D eigenvalue weighted by atomic mass is 10.2. The topological polar surface area (TPSA) is 105 Å². The molecule has 2 rings (SSSR count). The van der Waals surface area contributed by atoms with Crippen LogP contribution in [0, 0.1) is 22.7 Å². The van der Waals surface area contributed by atoms with E-state index in [9.17, 15) is 0 Å². The number of aromatic nitrogens is 1. The molecule has 2 N–H and O–H groups in total. The molecular formula is C14H10N4O2. The van der Waals surface area contributed by atoms with E-state index in [1.54, 1.807) is 24.3 Å². The first-order valence-electron chi connectivity index (χ1n) is 5.60. The highest BCUT2D eigenvalue weighted by atomic mass is 16.5. The summed E-state index contributed by atoms with van der Waals surface area (Å²) in [5.41, 5.74) is 6.42. The molecule has 0 amide bonds. The number of nitriles is 2. The maximum absolute atomic E-state index is 8.87. The first-order chi connectivity index (χ1) is 9.67. The Morgan fingerprint density at radius 1 is 1.10 bits per heavy atom. The smallest absolute Gasteiger partial charge is 0.220 e. The van der Waals surface area contributed by atoms with Crippen molar-refractivity contribution < 1.29 is 9.47 Å². The first-order valence-corrected chi connectivity index (χ1v) is 5.60. The van der Waals surface area contributed by atoms with Crippen molar-refractivity contribution in [1.82, 2.24) is 4.98 Å². The second kappa shape index (κ2) is 5.59. The van der Waals surface area contributed by atoms with Crippen molar-refractivity contribution in [3.8, 4) is 29.5 Å². The van der Waals surface area contributed by atoms with Crippen LogP contribution in [0.4, 0.5) is 5.69 Å². The Morgan fingerprint density at radius 3 is 2.55 bits per heavy atom. The van der Waals surface area contributed by atoms with E-state index in [-0.39, 0.29) is 17.3 Å². The Labute approximate surface area is 115 Å². The number of hydrogen-bond donors (Lipinski definition) is 1. The zero-order chi connectivity index (χ0) is 14.5. The van der Waals surface area contributed by atoms with Gasteiger partial charge in [-0.2, -0.15) is 10.5 Å². The van der Waals surface area contributed by atoms with Crippen LogP contribution in [0.1, 0.15) is 11.3 Å². The number of ether oxygens (including phenoxy) is 2. The van der Waals surface area contributed by atoms with Gasteiger partial charge < -0.3 is 15.2 Å². The molecule has 2 aromatic rings. The largest absolute Gasteiger partial charge is 0.493 e. The van der Waals surface area contributed by atoms with Gasteiger partial charge in [-0.1, -0.05) is 0 Å². The predicted molar refractivity (Wildman–Crippen MR) is 71.1 cm³/mol. The van der Waals surface area contributed by atoms with Gasteiger partial charge in [0, 0.05) is 12.1 Å². The van der Waals surface area contributed by atoms with Crippen LogP contribution in [0.25, 0.3) is 0 Å². The maximum atomic E-state index is 8.87. The van der Waals surface area contributed by atoms with E-state index in [2.05, 4.69) is 4.98 Å². The number of hydrogen-bond acceptors (Lipinski definition) is 6. The summed E-state index contributed by atoms with van der Waals surface area (Å²) >= 11 is 0. The fourth-order valence-corrected chi connectivity index (χ4v) is 1.53. The Kier molecular flexibility index (Phi) is 3.69. The summed E-state index contributed by atoms with van der Waals surface area (Å²) in [6, 6.07) is 11.7. The third-order valence-electron chi connectivity index (χ3n) is 2.51. The van der Waals surface area contributed by atoms with E-state index in [1.807, 2.05) is 12.1 Å². The SMILES string of the molecule is COc1cc(C#N)ccc1Oc1ccc(N)c(C#N)n1. The highest BCUT2D eigenvalue weighted by Gasteiger charge is 2.09. The van der Waals surface area contributed by atoms with Crippen molar-refractivity contribution in [3.63, 3.8) is 0 Å². The van der Waals surface area contributed by atoms with Crippen LogP contribution in [0.15, 0.2) is 30.3 Å². The van der Waals surface area contributed by atoms with Crippen LogP contribution in [0.2, 0.25) is 0 Å². The van der Waals surface area contributed by atoms with Crippen LogP contribution < -0.4 is 15.2 Å². The Bertz CT molecular complexity index is 729. The van der Waals surface area contributed by atoms with Gasteiger partial charge in [-0.25, -0.2) is 4.98 Å². The normalized spacial score (nSPS) is 9.35. The molecule has 0 atom stereocenters. The van der Waals surface area contributed by atoms with Gasteiger partial charge in [-0.15, -0.1) is 0 Å². The van der Waals surface area contributed by atoms with Gasteiger partial charge >= 0.3 is 0 Å². The standard InChI is InChI=1S/C14H10N4O2/c1-19-13-6-9(7-15)2-4-12(13)20-14-5-3-10(17)11(8-16)18-14/h2-6H,17H2,1H3. The molecule has 0 spiro atoms. The third-order valence-corrected chi connectivity index (χ3v) is 2.51. The molecule has 98 valence electrons. The Balaban J connectivity index is 2.35. The second-order valence-electron chi connectivity index (χ2n) is 3.78. The zero-order valence-electron chi connectivity index (χ0n) is 10.6. The van der Waals surface area contributed by atoms with Gasteiger partial charge in [0.25, 0.3) is 0 Å². The molecule has 1 aromatic heterocycles. The lowest BCUT2D eigenvalue weighted by Gasteiger charge is -2.10. The molecule has 6 heteroatoms. The van der Waals surface area contributed by atoms with Crippen molar-refractivity contribution in [3.05, 3.63) is 41.6 Å². The average Bonchev–Trinajstić information content (AvgIpc) is 2.49. The molecule has 0 aliphatic rings. The number of methoxy groups -OCH3 is 1. The molecule has 0 saturated carbocycles. The molecular weight excluding hydrogens is 256 g/mol. The Hall–Kier alpha value is -3.25. The van der Waals surface area contributed by atoms with E-state index >= 15 is 0 Å². The minimum atomic E-state index is 0.0927. The van der Waals surface area contributed by atoms with Crippen molar-refractivity contribution >= 4 is 5.69 Å². The van der Waals surface area contributed by atoms with Crippen molar-refractivity contribution in [2.24, 2.45) is 0 Å². The number of pyridine rings is 1. The summed E-state index contributed by atoms with van der Waals surface area (Å²) < 4.78 is 10.7. The van der Waals surface area contributed by atoms with E-state index < -0.39 is 0 Å². The summed E-state index contributed by atoms with van der Waals surface area (Å²) in [5, 5.41) is 17.7. The zero-order valence-corrected chi connectivity index (χ0v) is 10.6. The van der Waals surface area contributed by atoms with E-state index in [0.29, 0.717) is 17.1 Å². The molecule has 0 aliphatic carbocycles. The Morgan fingerprint density at radius 2 is 1.90 bits per heavy atom. The highest BCUT2D eigenvalue weighted by Crippen LogP contribution is 2.31. The molecule has 0 radical (unpaired) electrons. The summed E-state index contributed by atoms with van der Waals surface area (Å²) in [6.07, 6.45) is 0. The maximum Gasteiger partial charge on any atom is 0.220 e.